The van der Waals surface area contributed by atoms with Crippen molar-refractivity contribution in [2.24, 2.45) is 11.8 Å². The first-order valence-corrected chi connectivity index (χ1v) is 7.16. The molecule has 0 radical (unpaired) electrons. The second kappa shape index (κ2) is 5.92. The fourth-order valence-electron chi connectivity index (χ4n) is 3.27. The Labute approximate surface area is 122 Å². The normalized spacial score (nSPS) is 19.1. The molecule has 0 heterocycles. The van der Waals surface area contributed by atoms with E-state index in [0.717, 1.165) is 25.3 Å². The molecule has 2 atom stereocenters. The molecule has 2 unspecified atom stereocenters. The first-order chi connectivity index (χ1) is 10.2. The molecule has 2 aromatic rings. The summed E-state index contributed by atoms with van der Waals surface area (Å²) >= 11 is 0. The van der Waals surface area contributed by atoms with Crippen LogP contribution in [0.25, 0.3) is 0 Å². The second-order valence-electron chi connectivity index (χ2n) is 5.62. The van der Waals surface area contributed by atoms with Crippen LogP contribution in [0, 0.1) is 17.6 Å². The maximum atomic E-state index is 13.4. The molecular formula is C17H18F2N2. The maximum Gasteiger partial charge on any atom is 0.126 e. The van der Waals surface area contributed by atoms with Crippen LogP contribution in [0.15, 0.2) is 42.5 Å². The molecule has 0 bridgehead atoms. The van der Waals surface area contributed by atoms with E-state index in [4.69, 9.17) is 5.84 Å². The molecule has 4 heteroatoms. The van der Waals surface area contributed by atoms with Crippen molar-refractivity contribution < 1.29 is 8.78 Å². The van der Waals surface area contributed by atoms with Crippen LogP contribution in [0.3, 0.4) is 0 Å². The molecule has 1 aliphatic carbocycles. The highest BCUT2D eigenvalue weighted by Gasteiger charge is 2.27. The van der Waals surface area contributed by atoms with Gasteiger partial charge in [-0.25, -0.2) is 8.78 Å². The third-order valence-electron chi connectivity index (χ3n) is 4.28. The Morgan fingerprint density at radius 3 is 2.38 bits per heavy atom. The van der Waals surface area contributed by atoms with Crippen molar-refractivity contribution in [1.82, 2.24) is 5.43 Å². The molecule has 2 nitrogen and oxygen atoms in total. The maximum absolute atomic E-state index is 13.4. The molecule has 0 amide bonds. The summed E-state index contributed by atoms with van der Waals surface area (Å²) in [6.07, 6.45) is 2.78. The summed E-state index contributed by atoms with van der Waals surface area (Å²) in [6.45, 7) is 0. The summed E-state index contributed by atoms with van der Waals surface area (Å²) in [5.41, 5.74) is 5.96. The number of nitrogens with one attached hydrogen (secondary N) is 1. The first-order valence-electron chi connectivity index (χ1n) is 7.16. The zero-order valence-electron chi connectivity index (χ0n) is 11.7. The van der Waals surface area contributed by atoms with Gasteiger partial charge in [0.1, 0.15) is 11.6 Å². The topological polar surface area (TPSA) is 38.0 Å². The van der Waals surface area contributed by atoms with Gasteiger partial charge in [-0.05, 0) is 54.0 Å². The first kappa shape index (κ1) is 14.2. The lowest BCUT2D eigenvalue weighted by Gasteiger charge is -2.31. The van der Waals surface area contributed by atoms with E-state index >= 15 is 0 Å². The number of benzene rings is 2. The number of nitrogens with two attached hydrogens (primary N) is 1. The number of hydrogen-bond donors (Lipinski definition) is 2. The monoisotopic (exact) mass is 288 g/mol. The van der Waals surface area contributed by atoms with E-state index in [1.165, 1.54) is 23.3 Å². The van der Waals surface area contributed by atoms with Gasteiger partial charge >= 0.3 is 0 Å². The van der Waals surface area contributed by atoms with Gasteiger partial charge in [0.15, 0.2) is 0 Å². The molecule has 0 saturated heterocycles. The molecule has 110 valence electrons. The highest BCUT2D eigenvalue weighted by Crippen LogP contribution is 2.34. The van der Waals surface area contributed by atoms with Gasteiger partial charge in [-0.15, -0.1) is 0 Å². The Kier molecular flexibility index (Phi) is 3.99. The molecule has 3 rings (SSSR count). The minimum absolute atomic E-state index is 0.228. The molecule has 21 heavy (non-hydrogen) atoms. The van der Waals surface area contributed by atoms with Crippen molar-refractivity contribution in [1.29, 1.82) is 0 Å². The van der Waals surface area contributed by atoms with Crippen LogP contribution in [0.4, 0.5) is 8.78 Å². The Morgan fingerprint density at radius 1 is 1.05 bits per heavy atom. The SMILES string of the molecule is NNC(c1cc(F)cc(F)c1)C1CCc2ccccc2C1. The van der Waals surface area contributed by atoms with E-state index in [0.29, 0.717) is 5.56 Å². The molecule has 0 spiro atoms. The molecule has 2 aromatic carbocycles. The van der Waals surface area contributed by atoms with Gasteiger partial charge in [0.2, 0.25) is 0 Å². The van der Waals surface area contributed by atoms with Crippen molar-refractivity contribution in [3.05, 3.63) is 70.8 Å². The Hall–Kier alpha value is -1.78. The highest BCUT2D eigenvalue weighted by atomic mass is 19.1. The van der Waals surface area contributed by atoms with Crippen molar-refractivity contribution >= 4 is 0 Å². The Morgan fingerprint density at radius 2 is 1.71 bits per heavy atom. The van der Waals surface area contributed by atoms with E-state index in [9.17, 15) is 8.78 Å². The van der Waals surface area contributed by atoms with Crippen LogP contribution >= 0.6 is 0 Å². The average Bonchev–Trinajstić information content (AvgIpc) is 2.47. The van der Waals surface area contributed by atoms with Crippen LogP contribution in [0.1, 0.15) is 29.2 Å². The minimum atomic E-state index is -0.568. The van der Waals surface area contributed by atoms with E-state index in [1.807, 2.05) is 12.1 Å². The third-order valence-corrected chi connectivity index (χ3v) is 4.28. The van der Waals surface area contributed by atoms with Crippen LogP contribution in [0.5, 0.6) is 0 Å². The number of hydrogen-bond acceptors (Lipinski definition) is 2. The molecular weight excluding hydrogens is 270 g/mol. The summed E-state index contributed by atoms with van der Waals surface area (Å²) in [5, 5.41) is 0. The lowest BCUT2D eigenvalue weighted by Crippen LogP contribution is -2.36. The molecule has 3 N–H and O–H groups in total. The number of fused-ring (bicyclic) bond motifs is 1. The van der Waals surface area contributed by atoms with Gasteiger partial charge in [-0.1, -0.05) is 24.3 Å². The number of hydrazine groups is 1. The fraction of sp³-hybridized carbons (Fsp3) is 0.294. The van der Waals surface area contributed by atoms with Gasteiger partial charge < -0.3 is 0 Å². The van der Waals surface area contributed by atoms with Gasteiger partial charge in [-0.2, -0.15) is 0 Å². The zero-order chi connectivity index (χ0) is 14.8. The minimum Gasteiger partial charge on any atom is -0.271 e. The standard InChI is InChI=1S/C17H18F2N2/c18-15-8-14(9-16(19)10-15)17(21-20)13-6-5-11-3-1-2-4-12(11)7-13/h1-4,8-10,13,17,21H,5-7,20H2. The number of aryl methyl sites for hydroxylation is 1. The molecule has 0 fully saturated rings. The van der Waals surface area contributed by atoms with Gasteiger partial charge in [0, 0.05) is 12.1 Å². The molecule has 0 aromatic heterocycles. The predicted octanol–water partition coefficient (Wildman–Crippen LogP) is 3.27. The summed E-state index contributed by atoms with van der Waals surface area (Å²) in [5.74, 6) is 4.75. The van der Waals surface area contributed by atoms with Gasteiger partial charge in [0.25, 0.3) is 0 Å². The van der Waals surface area contributed by atoms with Crippen LogP contribution < -0.4 is 11.3 Å². The Balaban J connectivity index is 1.88. The summed E-state index contributed by atoms with van der Waals surface area (Å²) in [4.78, 5) is 0. The largest absolute Gasteiger partial charge is 0.271 e. The van der Waals surface area contributed by atoms with E-state index < -0.39 is 11.6 Å². The lowest BCUT2D eigenvalue weighted by molar-refractivity contribution is 0.328. The summed E-state index contributed by atoms with van der Waals surface area (Å²) in [6, 6.07) is 11.7. The van der Waals surface area contributed by atoms with E-state index in [2.05, 4.69) is 17.6 Å². The quantitative estimate of drug-likeness (QED) is 0.672. The molecule has 0 saturated carbocycles. The predicted molar refractivity (Wildman–Crippen MR) is 78.4 cm³/mol. The second-order valence-corrected chi connectivity index (χ2v) is 5.62. The average molecular weight is 288 g/mol. The van der Waals surface area contributed by atoms with Gasteiger partial charge in [-0.3, -0.25) is 11.3 Å². The zero-order valence-corrected chi connectivity index (χ0v) is 11.7. The Bertz CT molecular complexity index is 622. The van der Waals surface area contributed by atoms with Crippen LogP contribution in [-0.4, -0.2) is 0 Å². The van der Waals surface area contributed by atoms with Crippen molar-refractivity contribution in [3.8, 4) is 0 Å². The van der Waals surface area contributed by atoms with Crippen molar-refractivity contribution in [2.45, 2.75) is 25.3 Å². The molecule has 1 aliphatic rings. The van der Waals surface area contributed by atoms with Crippen molar-refractivity contribution in [2.75, 3.05) is 0 Å². The fourth-order valence-corrected chi connectivity index (χ4v) is 3.27. The summed E-state index contributed by atoms with van der Waals surface area (Å²) < 4.78 is 26.8. The number of halogens is 2. The van der Waals surface area contributed by atoms with E-state index in [-0.39, 0.29) is 12.0 Å². The third kappa shape index (κ3) is 2.96. The number of rotatable bonds is 3. The summed E-state index contributed by atoms with van der Waals surface area (Å²) in [7, 11) is 0. The highest BCUT2D eigenvalue weighted by molar-refractivity contribution is 5.31. The van der Waals surface area contributed by atoms with Crippen LogP contribution in [-0.2, 0) is 12.8 Å². The molecule has 0 aliphatic heterocycles. The smallest absolute Gasteiger partial charge is 0.126 e. The van der Waals surface area contributed by atoms with E-state index in [1.54, 1.807) is 0 Å². The lowest BCUT2D eigenvalue weighted by atomic mass is 9.78. The van der Waals surface area contributed by atoms with Gasteiger partial charge in [0.05, 0.1) is 0 Å². The van der Waals surface area contributed by atoms with Crippen LogP contribution in [0.2, 0.25) is 0 Å². The van der Waals surface area contributed by atoms with Crippen molar-refractivity contribution in [3.63, 3.8) is 0 Å².